The summed E-state index contributed by atoms with van der Waals surface area (Å²) in [4.78, 5) is 19.6. The molecule has 1 aromatic heterocycles. The van der Waals surface area contributed by atoms with E-state index in [9.17, 15) is 13.2 Å². The molecule has 180 valence electrons. The molecule has 0 saturated carbocycles. The molecule has 1 fully saturated rings. The van der Waals surface area contributed by atoms with Gasteiger partial charge in [-0.25, -0.2) is 13.4 Å². The SMILES string of the molecule is O=C(Nc1nc2ccc(Cl)cc2s1)c1cccc(S(=O)(=O)N2CCN(Cc3ccccc3)CC2)c1. The van der Waals surface area contributed by atoms with Crippen LogP contribution in [0.25, 0.3) is 10.2 Å². The average molecular weight is 527 g/mol. The molecule has 0 aliphatic carbocycles. The van der Waals surface area contributed by atoms with Crippen molar-refractivity contribution in [3.63, 3.8) is 0 Å². The third kappa shape index (κ3) is 5.39. The summed E-state index contributed by atoms with van der Waals surface area (Å²) < 4.78 is 28.9. The van der Waals surface area contributed by atoms with Gasteiger partial charge in [0.2, 0.25) is 10.0 Å². The molecule has 35 heavy (non-hydrogen) atoms. The molecular formula is C25H23ClN4O3S2. The molecule has 0 atom stereocenters. The molecule has 10 heteroatoms. The third-order valence-corrected chi connectivity index (χ3v) is 8.95. The van der Waals surface area contributed by atoms with E-state index in [0.29, 0.717) is 36.3 Å². The predicted molar refractivity (Wildman–Crippen MR) is 140 cm³/mol. The maximum atomic E-state index is 13.3. The maximum Gasteiger partial charge on any atom is 0.257 e. The number of rotatable bonds is 6. The molecule has 1 aliphatic rings. The van der Waals surface area contributed by atoms with Crippen LogP contribution in [0.2, 0.25) is 5.02 Å². The van der Waals surface area contributed by atoms with Crippen LogP contribution in [0.1, 0.15) is 15.9 Å². The molecule has 7 nitrogen and oxygen atoms in total. The van der Waals surface area contributed by atoms with E-state index in [2.05, 4.69) is 27.3 Å². The lowest BCUT2D eigenvalue weighted by atomic mass is 10.2. The Kier molecular flexibility index (Phi) is 6.86. The Labute approximate surface area is 213 Å². The first-order valence-corrected chi connectivity index (χ1v) is 13.8. The van der Waals surface area contributed by atoms with Crippen LogP contribution in [0.5, 0.6) is 0 Å². The number of fused-ring (bicyclic) bond motifs is 1. The van der Waals surface area contributed by atoms with Gasteiger partial charge in [-0.1, -0.05) is 59.3 Å². The minimum Gasteiger partial charge on any atom is -0.298 e. The van der Waals surface area contributed by atoms with Crippen molar-refractivity contribution in [3.05, 3.63) is 88.9 Å². The molecule has 1 amide bonds. The van der Waals surface area contributed by atoms with Gasteiger partial charge < -0.3 is 0 Å². The van der Waals surface area contributed by atoms with E-state index in [4.69, 9.17) is 11.6 Å². The van der Waals surface area contributed by atoms with Crippen molar-refractivity contribution in [2.75, 3.05) is 31.5 Å². The van der Waals surface area contributed by atoms with Crippen LogP contribution >= 0.6 is 22.9 Å². The Hall–Kier alpha value is -2.82. The third-order valence-electron chi connectivity index (χ3n) is 5.89. The van der Waals surface area contributed by atoms with Crippen molar-refractivity contribution >= 4 is 54.2 Å². The molecular weight excluding hydrogens is 504 g/mol. The van der Waals surface area contributed by atoms with Gasteiger partial charge >= 0.3 is 0 Å². The highest BCUT2D eigenvalue weighted by Crippen LogP contribution is 2.29. The number of hydrogen-bond donors (Lipinski definition) is 1. The number of halogens is 1. The molecule has 1 N–H and O–H groups in total. The highest BCUT2D eigenvalue weighted by molar-refractivity contribution is 7.89. The lowest BCUT2D eigenvalue weighted by molar-refractivity contribution is 0.102. The maximum absolute atomic E-state index is 13.3. The van der Waals surface area contributed by atoms with E-state index in [0.717, 1.165) is 16.8 Å². The molecule has 0 bridgehead atoms. The van der Waals surface area contributed by atoms with Gasteiger partial charge in [-0.2, -0.15) is 4.31 Å². The van der Waals surface area contributed by atoms with Crippen LogP contribution in [0.3, 0.4) is 0 Å². The first-order chi connectivity index (χ1) is 16.9. The second kappa shape index (κ2) is 10.0. The fourth-order valence-electron chi connectivity index (χ4n) is 4.04. The van der Waals surface area contributed by atoms with Gasteiger partial charge in [0.05, 0.1) is 15.1 Å². The summed E-state index contributed by atoms with van der Waals surface area (Å²) in [5.41, 5.74) is 2.20. The number of anilines is 1. The summed E-state index contributed by atoms with van der Waals surface area (Å²) in [6, 6.07) is 21.6. The Morgan fingerprint density at radius 1 is 0.971 bits per heavy atom. The number of thiazole rings is 1. The van der Waals surface area contributed by atoms with Gasteiger partial charge in [0, 0.05) is 43.3 Å². The number of aromatic nitrogens is 1. The summed E-state index contributed by atoms with van der Waals surface area (Å²) in [7, 11) is -3.71. The molecule has 2 heterocycles. The van der Waals surface area contributed by atoms with Crippen molar-refractivity contribution in [1.82, 2.24) is 14.2 Å². The van der Waals surface area contributed by atoms with E-state index in [1.165, 1.54) is 33.3 Å². The number of nitrogens with zero attached hydrogens (tertiary/aromatic N) is 3. The number of carbonyl (C=O) groups excluding carboxylic acids is 1. The zero-order valence-electron chi connectivity index (χ0n) is 18.7. The standard InChI is InChI=1S/C25H23ClN4O3S2/c26-20-9-10-22-23(16-20)34-25(27-22)28-24(31)19-7-4-8-21(15-19)35(32,33)30-13-11-29(12-14-30)17-18-5-2-1-3-6-18/h1-10,15-16H,11-14,17H2,(H,27,28,31). The fourth-order valence-corrected chi connectivity index (χ4v) is 6.64. The summed E-state index contributed by atoms with van der Waals surface area (Å²) in [5, 5.41) is 3.79. The smallest absolute Gasteiger partial charge is 0.257 e. The van der Waals surface area contributed by atoms with Crippen molar-refractivity contribution in [1.29, 1.82) is 0 Å². The molecule has 1 saturated heterocycles. The van der Waals surface area contributed by atoms with Gasteiger partial charge in [0.1, 0.15) is 0 Å². The summed E-state index contributed by atoms with van der Waals surface area (Å²) in [6.07, 6.45) is 0. The van der Waals surface area contributed by atoms with Crippen LogP contribution in [-0.2, 0) is 16.6 Å². The molecule has 0 spiro atoms. The summed E-state index contributed by atoms with van der Waals surface area (Å²) >= 11 is 7.33. The highest BCUT2D eigenvalue weighted by Gasteiger charge is 2.29. The van der Waals surface area contributed by atoms with Crippen molar-refractivity contribution in [2.24, 2.45) is 0 Å². The van der Waals surface area contributed by atoms with Gasteiger partial charge in [-0.15, -0.1) is 0 Å². The van der Waals surface area contributed by atoms with Gasteiger partial charge in [0.15, 0.2) is 5.13 Å². The number of benzene rings is 3. The summed E-state index contributed by atoms with van der Waals surface area (Å²) in [5.74, 6) is -0.417. The van der Waals surface area contributed by atoms with Crippen LogP contribution < -0.4 is 5.32 Å². The van der Waals surface area contributed by atoms with Crippen LogP contribution in [0.15, 0.2) is 77.7 Å². The summed E-state index contributed by atoms with van der Waals surface area (Å²) in [6.45, 7) is 2.90. The highest BCUT2D eigenvalue weighted by atomic mass is 35.5. The molecule has 4 aromatic rings. The Bertz CT molecular complexity index is 1470. The average Bonchev–Trinajstić information content (AvgIpc) is 3.26. The molecule has 0 radical (unpaired) electrons. The Balaban J connectivity index is 1.26. The van der Waals surface area contributed by atoms with Crippen LogP contribution in [0, 0.1) is 0 Å². The first-order valence-electron chi connectivity index (χ1n) is 11.1. The van der Waals surface area contributed by atoms with Gasteiger partial charge in [-0.05, 0) is 42.0 Å². The van der Waals surface area contributed by atoms with Crippen molar-refractivity contribution < 1.29 is 13.2 Å². The minimum atomic E-state index is -3.71. The lowest BCUT2D eigenvalue weighted by Gasteiger charge is -2.34. The monoisotopic (exact) mass is 526 g/mol. The fraction of sp³-hybridized carbons (Fsp3) is 0.200. The number of hydrogen-bond acceptors (Lipinski definition) is 6. The second-order valence-electron chi connectivity index (χ2n) is 8.28. The van der Waals surface area contributed by atoms with Crippen LogP contribution in [0.4, 0.5) is 5.13 Å². The van der Waals surface area contributed by atoms with Crippen molar-refractivity contribution in [3.8, 4) is 0 Å². The number of amides is 1. The number of sulfonamides is 1. The topological polar surface area (TPSA) is 82.6 Å². The van der Waals surface area contributed by atoms with E-state index >= 15 is 0 Å². The largest absolute Gasteiger partial charge is 0.298 e. The quantitative estimate of drug-likeness (QED) is 0.393. The molecule has 3 aromatic carbocycles. The zero-order valence-corrected chi connectivity index (χ0v) is 21.1. The van der Waals surface area contributed by atoms with Gasteiger partial charge in [-0.3, -0.25) is 15.0 Å². The zero-order chi connectivity index (χ0) is 24.4. The lowest BCUT2D eigenvalue weighted by Crippen LogP contribution is -2.48. The Morgan fingerprint density at radius 3 is 2.51 bits per heavy atom. The van der Waals surface area contributed by atoms with E-state index in [-0.39, 0.29) is 10.5 Å². The first kappa shape index (κ1) is 23.9. The van der Waals surface area contributed by atoms with Crippen LogP contribution in [-0.4, -0.2) is 54.7 Å². The van der Waals surface area contributed by atoms with E-state index in [1.54, 1.807) is 30.3 Å². The molecule has 0 unspecified atom stereocenters. The second-order valence-corrected chi connectivity index (χ2v) is 11.7. The Morgan fingerprint density at radius 2 is 1.74 bits per heavy atom. The minimum absolute atomic E-state index is 0.109. The molecule has 5 rings (SSSR count). The van der Waals surface area contributed by atoms with Crippen molar-refractivity contribution in [2.45, 2.75) is 11.4 Å². The van der Waals surface area contributed by atoms with E-state index < -0.39 is 15.9 Å². The normalized spacial score (nSPS) is 15.3. The predicted octanol–water partition coefficient (Wildman–Crippen LogP) is 4.71. The van der Waals surface area contributed by atoms with E-state index in [1.807, 2.05) is 18.2 Å². The number of nitrogens with one attached hydrogen (secondary N) is 1. The molecule has 1 aliphatic heterocycles. The van der Waals surface area contributed by atoms with Gasteiger partial charge in [0.25, 0.3) is 5.91 Å². The number of carbonyl (C=O) groups is 1. The number of piperazine rings is 1.